The maximum Gasteiger partial charge on any atom is 0.261 e. The Balaban J connectivity index is 1.53. The van der Waals surface area contributed by atoms with Gasteiger partial charge in [0.2, 0.25) is 5.91 Å². The third kappa shape index (κ3) is 3.39. The van der Waals surface area contributed by atoms with Gasteiger partial charge in [-0.25, -0.2) is 4.98 Å². The van der Waals surface area contributed by atoms with Crippen LogP contribution in [0.4, 0.5) is 0 Å². The number of aryl methyl sites for hydroxylation is 1. The summed E-state index contributed by atoms with van der Waals surface area (Å²) in [7, 11) is 0. The second-order valence-corrected chi connectivity index (χ2v) is 7.04. The van der Waals surface area contributed by atoms with Crippen LogP contribution in [0.2, 0.25) is 0 Å². The third-order valence-electron chi connectivity index (χ3n) is 5.02. The first-order valence-corrected chi connectivity index (χ1v) is 9.26. The summed E-state index contributed by atoms with van der Waals surface area (Å²) in [5, 5.41) is 5.79. The van der Waals surface area contributed by atoms with E-state index in [1.807, 2.05) is 50.2 Å². The van der Waals surface area contributed by atoms with Crippen molar-refractivity contribution in [1.82, 2.24) is 14.9 Å². The summed E-state index contributed by atoms with van der Waals surface area (Å²) in [4.78, 5) is 29.5. The van der Waals surface area contributed by atoms with Crippen LogP contribution in [0.15, 0.2) is 71.8 Å². The van der Waals surface area contributed by atoms with Crippen LogP contribution in [-0.2, 0) is 11.3 Å². The molecule has 5 nitrogen and oxygen atoms in total. The molecule has 0 aliphatic carbocycles. The van der Waals surface area contributed by atoms with Crippen LogP contribution in [0.5, 0.6) is 0 Å². The number of nitrogens with zero attached hydrogens (tertiary/aromatic N) is 2. The Kier molecular flexibility index (Phi) is 4.65. The number of benzene rings is 3. The summed E-state index contributed by atoms with van der Waals surface area (Å²) in [6, 6.07) is 19.6. The van der Waals surface area contributed by atoms with Gasteiger partial charge in [-0.15, -0.1) is 0 Å². The number of aromatic nitrogens is 2. The number of carbonyl (C=O) groups excluding carboxylic acids is 1. The fourth-order valence-corrected chi connectivity index (χ4v) is 3.45. The van der Waals surface area contributed by atoms with E-state index in [0.717, 1.165) is 21.9 Å². The van der Waals surface area contributed by atoms with Gasteiger partial charge in [-0.3, -0.25) is 14.2 Å². The third-order valence-corrected chi connectivity index (χ3v) is 5.02. The van der Waals surface area contributed by atoms with E-state index in [1.165, 1.54) is 10.9 Å². The predicted octanol–water partition coefficient (Wildman–Crippen LogP) is 3.74. The van der Waals surface area contributed by atoms with Crippen molar-refractivity contribution in [2.24, 2.45) is 0 Å². The van der Waals surface area contributed by atoms with E-state index < -0.39 is 0 Å². The Morgan fingerprint density at radius 3 is 2.68 bits per heavy atom. The lowest BCUT2D eigenvalue weighted by molar-refractivity contribution is -0.122. The molecule has 28 heavy (non-hydrogen) atoms. The van der Waals surface area contributed by atoms with Crippen molar-refractivity contribution in [2.75, 3.05) is 0 Å². The standard InChI is InChI=1S/C23H21N3O2/c1-15-6-5-9-20-22(15)24-14-26(23(20)28)13-21(27)25-16(2)18-11-10-17-7-3-4-8-19(17)12-18/h3-12,14,16H,13H2,1-2H3,(H,25,27)/t16-/m1/s1. The van der Waals surface area contributed by atoms with Crippen LogP contribution in [0.25, 0.3) is 21.7 Å². The van der Waals surface area contributed by atoms with Gasteiger partial charge in [0.25, 0.3) is 5.56 Å². The lowest BCUT2D eigenvalue weighted by atomic mass is 10.0. The van der Waals surface area contributed by atoms with E-state index in [-0.39, 0.29) is 24.1 Å². The highest BCUT2D eigenvalue weighted by Gasteiger charge is 2.13. The molecule has 0 bridgehead atoms. The minimum atomic E-state index is -0.225. The summed E-state index contributed by atoms with van der Waals surface area (Å²) in [6.07, 6.45) is 1.44. The van der Waals surface area contributed by atoms with Crippen molar-refractivity contribution in [3.63, 3.8) is 0 Å². The number of amides is 1. The Hall–Kier alpha value is -3.47. The molecular weight excluding hydrogens is 350 g/mol. The molecule has 5 heteroatoms. The average molecular weight is 371 g/mol. The van der Waals surface area contributed by atoms with Crippen LogP contribution < -0.4 is 10.9 Å². The van der Waals surface area contributed by atoms with E-state index in [4.69, 9.17) is 0 Å². The summed E-state index contributed by atoms with van der Waals surface area (Å²) >= 11 is 0. The topological polar surface area (TPSA) is 64.0 Å². The molecule has 1 atom stereocenters. The predicted molar refractivity (Wildman–Crippen MR) is 111 cm³/mol. The summed E-state index contributed by atoms with van der Waals surface area (Å²) < 4.78 is 1.35. The maximum absolute atomic E-state index is 12.7. The fraction of sp³-hybridized carbons (Fsp3) is 0.174. The van der Waals surface area contributed by atoms with Crippen LogP contribution in [0.3, 0.4) is 0 Å². The molecule has 0 radical (unpaired) electrons. The molecule has 1 amide bonds. The van der Waals surface area contributed by atoms with Gasteiger partial charge in [-0.2, -0.15) is 0 Å². The molecule has 3 aromatic carbocycles. The number of fused-ring (bicyclic) bond motifs is 2. The van der Waals surface area contributed by atoms with E-state index in [1.54, 1.807) is 6.07 Å². The number of nitrogens with one attached hydrogen (secondary N) is 1. The van der Waals surface area contributed by atoms with Gasteiger partial charge < -0.3 is 5.32 Å². The zero-order valence-electron chi connectivity index (χ0n) is 15.8. The number of carbonyl (C=O) groups is 1. The zero-order valence-corrected chi connectivity index (χ0v) is 15.8. The van der Waals surface area contributed by atoms with Crippen molar-refractivity contribution in [1.29, 1.82) is 0 Å². The molecule has 0 spiro atoms. The highest BCUT2D eigenvalue weighted by Crippen LogP contribution is 2.20. The Labute approximate surface area is 162 Å². The molecular formula is C23H21N3O2. The zero-order chi connectivity index (χ0) is 19.7. The van der Waals surface area contributed by atoms with Crippen LogP contribution in [-0.4, -0.2) is 15.5 Å². The van der Waals surface area contributed by atoms with Gasteiger partial charge in [0.1, 0.15) is 6.54 Å². The summed E-state index contributed by atoms with van der Waals surface area (Å²) in [5.74, 6) is -0.225. The average Bonchev–Trinajstić information content (AvgIpc) is 2.70. The molecule has 0 saturated carbocycles. The molecule has 4 rings (SSSR count). The molecule has 0 aliphatic heterocycles. The van der Waals surface area contributed by atoms with Gasteiger partial charge in [-0.1, -0.05) is 48.5 Å². The summed E-state index contributed by atoms with van der Waals surface area (Å²) in [5.41, 5.74) is 2.43. The highest BCUT2D eigenvalue weighted by atomic mass is 16.2. The Morgan fingerprint density at radius 1 is 1.07 bits per heavy atom. The van der Waals surface area contributed by atoms with Crippen LogP contribution in [0.1, 0.15) is 24.1 Å². The summed E-state index contributed by atoms with van der Waals surface area (Å²) in [6.45, 7) is 3.79. The van der Waals surface area contributed by atoms with Gasteiger partial charge in [0.05, 0.1) is 23.3 Å². The van der Waals surface area contributed by atoms with Crippen LogP contribution in [0, 0.1) is 6.92 Å². The molecule has 0 saturated heterocycles. The second kappa shape index (κ2) is 7.27. The molecule has 140 valence electrons. The monoisotopic (exact) mass is 371 g/mol. The number of hydrogen-bond acceptors (Lipinski definition) is 3. The molecule has 0 fully saturated rings. The minimum absolute atomic E-state index is 0.0619. The molecule has 4 aromatic rings. The lowest BCUT2D eigenvalue weighted by Crippen LogP contribution is -2.34. The van der Waals surface area contributed by atoms with Crippen molar-refractivity contribution in [3.8, 4) is 0 Å². The van der Waals surface area contributed by atoms with E-state index in [2.05, 4.69) is 28.5 Å². The Bertz CT molecular complexity index is 1240. The maximum atomic E-state index is 12.7. The first-order chi connectivity index (χ1) is 13.5. The van der Waals surface area contributed by atoms with E-state index in [0.29, 0.717) is 10.9 Å². The molecule has 1 aromatic heterocycles. The van der Waals surface area contributed by atoms with Crippen molar-refractivity contribution < 1.29 is 4.79 Å². The lowest BCUT2D eigenvalue weighted by Gasteiger charge is -2.16. The highest BCUT2D eigenvalue weighted by molar-refractivity contribution is 5.84. The molecule has 1 heterocycles. The van der Waals surface area contributed by atoms with Gasteiger partial charge in [0, 0.05) is 0 Å². The number of rotatable bonds is 4. The van der Waals surface area contributed by atoms with Crippen molar-refractivity contribution >= 4 is 27.6 Å². The van der Waals surface area contributed by atoms with Gasteiger partial charge in [-0.05, 0) is 47.9 Å². The van der Waals surface area contributed by atoms with Crippen molar-refractivity contribution in [3.05, 3.63) is 88.5 Å². The molecule has 0 aliphatic rings. The largest absolute Gasteiger partial charge is 0.348 e. The van der Waals surface area contributed by atoms with Crippen molar-refractivity contribution in [2.45, 2.75) is 26.4 Å². The normalized spacial score (nSPS) is 12.2. The fourth-order valence-electron chi connectivity index (χ4n) is 3.45. The number of hydrogen-bond donors (Lipinski definition) is 1. The molecule has 0 unspecified atom stereocenters. The van der Waals surface area contributed by atoms with Gasteiger partial charge >= 0.3 is 0 Å². The first kappa shape index (κ1) is 17.9. The number of para-hydroxylation sites is 1. The smallest absolute Gasteiger partial charge is 0.261 e. The SMILES string of the molecule is Cc1cccc2c(=O)n(CC(=O)N[C@H](C)c3ccc4ccccc4c3)cnc12. The quantitative estimate of drug-likeness (QED) is 0.594. The van der Waals surface area contributed by atoms with E-state index >= 15 is 0 Å². The Morgan fingerprint density at radius 2 is 1.86 bits per heavy atom. The second-order valence-electron chi connectivity index (χ2n) is 7.04. The first-order valence-electron chi connectivity index (χ1n) is 9.26. The molecule has 1 N–H and O–H groups in total. The van der Waals surface area contributed by atoms with E-state index in [9.17, 15) is 9.59 Å². The van der Waals surface area contributed by atoms with Gasteiger partial charge in [0.15, 0.2) is 0 Å². The van der Waals surface area contributed by atoms with Crippen LogP contribution >= 0.6 is 0 Å². The minimum Gasteiger partial charge on any atom is -0.348 e.